The maximum atomic E-state index is 12.6. The van der Waals surface area contributed by atoms with Gasteiger partial charge in [0.1, 0.15) is 0 Å². The molecule has 0 saturated carbocycles. The van der Waals surface area contributed by atoms with Gasteiger partial charge in [-0.1, -0.05) is 0 Å². The van der Waals surface area contributed by atoms with Crippen LogP contribution >= 0.6 is 11.3 Å². The number of nitrogens with one attached hydrogen (secondary N) is 1. The normalized spacial score (nSPS) is 17.4. The van der Waals surface area contributed by atoms with E-state index < -0.39 is 0 Å². The number of hydrogen-bond acceptors (Lipinski definition) is 6. The number of aryl methyl sites for hydroxylation is 1. The molecule has 0 unspecified atom stereocenters. The van der Waals surface area contributed by atoms with E-state index in [0.29, 0.717) is 32.1 Å². The summed E-state index contributed by atoms with van der Waals surface area (Å²) in [4.78, 5) is 21.3. The Labute approximate surface area is 162 Å². The van der Waals surface area contributed by atoms with Gasteiger partial charge in [0, 0.05) is 56.3 Å². The van der Waals surface area contributed by atoms with E-state index in [0.717, 1.165) is 48.2 Å². The lowest BCUT2D eigenvalue weighted by molar-refractivity contribution is 0.142. The number of piperazine rings is 1. The van der Waals surface area contributed by atoms with Crippen molar-refractivity contribution in [3.05, 3.63) is 34.3 Å². The second-order valence-electron chi connectivity index (χ2n) is 6.76. The SMILES string of the molecule is Cc1nc(CN2CCN(C(=O)Nc3ccc4c(c3)OCCCO4)CC2)cs1. The molecule has 7 nitrogen and oxygen atoms in total. The van der Waals surface area contributed by atoms with Crippen LogP contribution in [0, 0.1) is 6.92 Å². The number of carbonyl (C=O) groups excluding carboxylic acids is 1. The fraction of sp³-hybridized carbons (Fsp3) is 0.474. The number of anilines is 1. The largest absolute Gasteiger partial charge is 0.490 e. The topological polar surface area (TPSA) is 66.9 Å². The molecular formula is C19H24N4O3S. The second-order valence-corrected chi connectivity index (χ2v) is 7.83. The Kier molecular flexibility index (Phi) is 5.45. The van der Waals surface area contributed by atoms with E-state index in [2.05, 4.69) is 20.6 Å². The first-order chi connectivity index (χ1) is 13.2. The first kappa shape index (κ1) is 18.1. The smallest absolute Gasteiger partial charge is 0.321 e. The summed E-state index contributed by atoms with van der Waals surface area (Å²) in [6.07, 6.45) is 0.862. The van der Waals surface area contributed by atoms with Crippen molar-refractivity contribution in [1.82, 2.24) is 14.8 Å². The molecule has 1 N–H and O–H groups in total. The van der Waals surface area contributed by atoms with E-state index in [-0.39, 0.29) is 6.03 Å². The van der Waals surface area contributed by atoms with Crippen molar-refractivity contribution in [2.45, 2.75) is 19.9 Å². The number of nitrogens with zero attached hydrogens (tertiary/aromatic N) is 3. The number of thiazole rings is 1. The summed E-state index contributed by atoms with van der Waals surface area (Å²) in [5.74, 6) is 1.42. The van der Waals surface area contributed by atoms with Crippen LogP contribution in [-0.2, 0) is 6.54 Å². The lowest BCUT2D eigenvalue weighted by Crippen LogP contribution is -2.49. The Bertz CT molecular complexity index is 802. The van der Waals surface area contributed by atoms with Crippen molar-refractivity contribution in [2.75, 3.05) is 44.7 Å². The predicted molar refractivity (Wildman–Crippen MR) is 105 cm³/mol. The zero-order valence-electron chi connectivity index (χ0n) is 15.4. The quantitative estimate of drug-likeness (QED) is 0.876. The van der Waals surface area contributed by atoms with Gasteiger partial charge in [-0.3, -0.25) is 4.90 Å². The molecule has 1 saturated heterocycles. The molecular weight excluding hydrogens is 364 g/mol. The van der Waals surface area contributed by atoms with Gasteiger partial charge in [0.15, 0.2) is 11.5 Å². The highest BCUT2D eigenvalue weighted by Gasteiger charge is 2.22. The molecule has 2 amide bonds. The van der Waals surface area contributed by atoms with E-state index in [4.69, 9.17) is 9.47 Å². The van der Waals surface area contributed by atoms with E-state index in [1.54, 1.807) is 11.3 Å². The van der Waals surface area contributed by atoms with Crippen LogP contribution in [0.25, 0.3) is 0 Å². The van der Waals surface area contributed by atoms with Crippen molar-refractivity contribution < 1.29 is 14.3 Å². The first-order valence-electron chi connectivity index (χ1n) is 9.26. The van der Waals surface area contributed by atoms with E-state index in [1.807, 2.05) is 30.0 Å². The fourth-order valence-electron chi connectivity index (χ4n) is 3.26. The van der Waals surface area contributed by atoms with Crippen molar-refractivity contribution in [1.29, 1.82) is 0 Å². The highest BCUT2D eigenvalue weighted by Crippen LogP contribution is 2.32. The number of benzene rings is 1. The lowest BCUT2D eigenvalue weighted by Gasteiger charge is -2.34. The van der Waals surface area contributed by atoms with Crippen molar-refractivity contribution in [3.63, 3.8) is 0 Å². The van der Waals surface area contributed by atoms with Gasteiger partial charge in [0.2, 0.25) is 0 Å². The summed E-state index contributed by atoms with van der Waals surface area (Å²) in [7, 11) is 0. The Morgan fingerprint density at radius 2 is 1.96 bits per heavy atom. The van der Waals surface area contributed by atoms with Gasteiger partial charge in [-0.15, -0.1) is 11.3 Å². The molecule has 144 valence electrons. The molecule has 0 spiro atoms. The maximum absolute atomic E-state index is 12.6. The van der Waals surface area contributed by atoms with Gasteiger partial charge in [-0.05, 0) is 19.1 Å². The molecule has 1 aromatic carbocycles. The Morgan fingerprint density at radius 3 is 2.70 bits per heavy atom. The van der Waals surface area contributed by atoms with Crippen LogP contribution in [0.5, 0.6) is 11.5 Å². The molecule has 0 atom stereocenters. The van der Waals surface area contributed by atoms with Gasteiger partial charge >= 0.3 is 6.03 Å². The molecule has 0 aliphatic carbocycles. The molecule has 1 aromatic heterocycles. The zero-order chi connectivity index (χ0) is 18.6. The number of urea groups is 1. The Hall–Kier alpha value is -2.32. The Balaban J connectivity index is 1.30. The first-order valence-corrected chi connectivity index (χ1v) is 10.1. The minimum atomic E-state index is -0.0753. The number of hydrogen-bond donors (Lipinski definition) is 1. The molecule has 0 bridgehead atoms. The lowest BCUT2D eigenvalue weighted by atomic mass is 10.2. The number of ether oxygens (including phenoxy) is 2. The van der Waals surface area contributed by atoms with Crippen LogP contribution in [0.3, 0.4) is 0 Å². The zero-order valence-corrected chi connectivity index (χ0v) is 16.3. The third kappa shape index (κ3) is 4.51. The van der Waals surface area contributed by atoms with Crippen LogP contribution in [0.4, 0.5) is 10.5 Å². The standard InChI is InChI=1S/C19H24N4O3S/c1-14-20-16(13-27-14)12-22-5-7-23(8-6-22)19(24)21-15-3-4-17-18(11-15)26-10-2-9-25-17/h3-4,11,13H,2,5-10,12H2,1H3,(H,21,24). The van der Waals surface area contributed by atoms with Crippen LogP contribution in [0.1, 0.15) is 17.1 Å². The molecule has 2 aromatic rings. The molecule has 4 rings (SSSR count). The monoisotopic (exact) mass is 388 g/mol. The van der Waals surface area contributed by atoms with Gasteiger partial charge in [0.25, 0.3) is 0 Å². The number of carbonyl (C=O) groups is 1. The fourth-order valence-corrected chi connectivity index (χ4v) is 3.87. The van der Waals surface area contributed by atoms with Crippen LogP contribution in [-0.4, -0.2) is 60.2 Å². The molecule has 1 fully saturated rings. The average molecular weight is 388 g/mol. The summed E-state index contributed by atoms with van der Waals surface area (Å²) in [5, 5.41) is 6.18. The van der Waals surface area contributed by atoms with E-state index in [1.165, 1.54) is 0 Å². The van der Waals surface area contributed by atoms with E-state index >= 15 is 0 Å². The third-order valence-corrected chi connectivity index (χ3v) is 5.53. The van der Waals surface area contributed by atoms with Crippen molar-refractivity contribution in [3.8, 4) is 11.5 Å². The van der Waals surface area contributed by atoms with Crippen LogP contribution in [0.2, 0.25) is 0 Å². The number of amides is 2. The predicted octanol–water partition coefficient (Wildman–Crippen LogP) is 2.96. The van der Waals surface area contributed by atoms with Gasteiger partial charge in [0.05, 0.1) is 23.9 Å². The summed E-state index contributed by atoms with van der Waals surface area (Å²) < 4.78 is 11.3. The van der Waals surface area contributed by atoms with Crippen LogP contribution < -0.4 is 14.8 Å². The Morgan fingerprint density at radius 1 is 1.19 bits per heavy atom. The number of aromatic nitrogens is 1. The van der Waals surface area contributed by atoms with Crippen molar-refractivity contribution >= 4 is 23.1 Å². The average Bonchev–Trinajstić information content (AvgIpc) is 2.94. The highest BCUT2D eigenvalue weighted by molar-refractivity contribution is 7.09. The third-order valence-electron chi connectivity index (χ3n) is 4.71. The van der Waals surface area contributed by atoms with Crippen molar-refractivity contribution in [2.24, 2.45) is 0 Å². The highest BCUT2D eigenvalue weighted by atomic mass is 32.1. The molecule has 8 heteroatoms. The summed E-state index contributed by atoms with van der Waals surface area (Å²) in [6, 6.07) is 5.46. The second kappa shape index (κ2) is 8.14. The molecule has 2 aliphatic rings. The minimum absolute atomic E-state index is 0.0753. The minimum Gasteiger partial charge on any atom is -0.490 e. The van der Waals surface area contributed by atoms with Crippen LogP contribution in [0.15, 0.2) is 23.6 Å². The van der Waals surface area contributed by atoms with Gasteiger partial charge in [-0.25, -0.2) is 9.78 Å². The maximum Gasteiger partial charge on any atom is 0.321 e. The molecule has 27 heavy (non-hydrogen) atoms. The van der Waals surface area contributed by atoms with Gasteiger partial charge < -0.3 is 19.7 Å². The van der Waals surface area contributed by atoms with Gasteiger partial charge in [-0.2, -0.15) is 0 Å². The molecule has 0 radical (unpaired) electrons. The van der Waals surface area contributed by atoms with E-state index in [9.17, 15) is 4.79 Å². The molecule has 2 aliphatic heterocycles. The number of rotatable bonds is 3. The summed E-state index contributed by atoms with van der Waals surface area (Å²) in [5.41, 5.74) is 1.84. The number of fused-ring (bicyclic) bond motifs is 1. The summed E-state index contributed by atoms with van der Waals surface area (Å²) in [6.45, 7) is 7.28. The summed E-state index contributed by atoms with van der Waals surface area (Å²) >= 11 is 1.68. The molecule has 3 heterocycles.